The summed E-state index contributed by atoms with van der Waals surface area (Å²) in [6, 6.07) is 9.41. The molecule has 2 heterocycles. The third-order valence-corrected chi connectivity index (χ3v) is 3.06. The van der Waals surface area contributed by atoms with Crippen LogP contribution in [0.2, 0.25) is 0 Å². The molecule has 0 atom stereocenters. The van der Waals surface area contributed by atoms with E-state index in [0.29, 0.717) is 24.0 Å². The number of nitrogens with zero attached hydrogens (tertiary/aromatic N) is 2. The molecule has 21 heavy (non-hydrogen) atoms. The van der Waals surface area contributed by atoms with Crippen LogP contribution in [-0.2, 0) is 0 Å². The van der Waals surface area contributed by atoms with Crippen LogP contribution in [0, 0.1) is 6.92 Å². The van der Waals surface area contributed by atoms with Gasteiger partial charge in [-0.15, -0.1) is 0 Å². The van der Waals surface area contributed by atoms with Crippen molar-refractivity contribution >= 4 is 5.69 Å². The van der Waals surface area contributed by atoms with Crippen LogP contribution < -0.4 is 5.32 Å². The highest BCUT2D eigenvalue weighted by Gasteiger charge is 2.14. The number of hydrogen-bond donors (Lipinski definition) is 2. The van der Waals surface area contributed by atoms with Gasteiger partial charge in [-0.1, -0.05) is 5.16 Å². The summed E-state index contributed by atoms with van der Waals surface area (Å²) in [5.41, 5.74) is 2.72. The van der Waals surface area contributed by atoms with Crippen molar-refractivity contribution in [1.29, 1.82) is 0 Å². The highest BCUT2D eigenvalue weighted by atomic mass is 16.5. The maximum Gasteiger partial charge on any atom is 0.258 e. The van der Waals surface area contributed by atoms with Crippen molar-refractivity contribution in [2.75, 3.05) is 18.5 Å². The van der Waals surface area contributed by atoms with Crippen molar-refractivity contribution in [2.24, 2.45) is 0 Å². The number of benzene rings is 1. The van der Waals surface area contributed by atoms with E-state index in [-0.39, 0.29) is 6.61 Å². The molecule has 2 aromatic heterocycles. The molecule has 0 saturated carbocycles. The van der Waals surface area contributed by atoms with E-state index < -0.39 is 0 Å². The van der Waals surface area contributed by atoms with Gasteiger partial charge in [0, 0.05) is 17.8 Å². The van der Waals surface area contributed by atoms with Gasteiger partial charge in [0.05, 0.1) is 12.9 Å². The van der Waals surface area contributed by atoms with Crippen molar-refractivity contribution < 1.29 is 14.0 Å². The number of aliphatic hydroxyl groups excluding tert-OH is 1. The van der Waals surface area contributed by atoms with Crippen LogP contribution in [0.5, 0.6) is 0 Å². The summed E-state index contributed by atoms with van der Waals surface area (Å²) in [5, 5.41) is 15.8. The zero-order valence-corrected chi connectivity index (χ0v) is 11.5. The molecule has 3 aromatic rings. The first-order valence-corrected chi connectivity index (χ1v) is 6.61. The Balaban J connectivity index is 1.81. The third-order valence-electron chi connectivity index (χ3n) is 3.06. The van der Waals surface area contributed by atoms with Crippen LogP contribution in [0.25, 0.3) is 23.0 Å². The van der Waals surface area contributed by atoms with Gasteiger partial charge in [0.25, 0.3) is 5.89 Å². The van der Waals surface area contributed by atoms with E-state index in [1.807, 2.05) is 37.3 Å². The molecule has 3 rings (SSSR count). The molecule has 6 heteroatoms. The predicted molar refractivity (Wildman–Crippen MR) is 77.7 cm³/mol. The Bertz CT molecular complexity index is 716. The number of aryl methyl sites for hydroxylation is 1. The van der Waals surface area contributed by atoms with Gasteiger partial charge in [-0.25, -0.2) is 0 Å². The first kappa shape index (κ1) is 13.4. The lowest BCUT2D eigenvalue weighted by atomic mass is 10.2. The average molecular weight is 285 g/mol. The second-order valence-corrected chi connectivity index (χ2v) is 4.58. The molecule has 0 aliphatic rings. The highest BCUT2D eigenvalue weighted by Crippen LogP contribution is 2.25. The molecule has 1 aromatic carbocycles. The zero-order chi connectivity index (χ0) is 14.7. The Morgan fingerprint density at radius 2 is 2.00 bits per heavy atom. The quantitative estimate of drug-likeness (QED) is 0.749. The molecule has 0 radical (unpaired) electrons. The number of furan rings is 1. The Kier molecular flexibility index (Phi) is 3.70. The fraction of sp³-hybridized carbons (Fsp3) is 0.200. The van der Waals surface area contributed by atoms with Gasteiger partial charge in [0.2, 0.25) is 5.82 Å². The van der Waals surface area contributed by atoms with Crippen LogP contribution in [0.3, 0.4) is 0 Å². The normalized spacial score (nSPS) is 10.8. The molecule has 0 unspecified atom stereocenters. The van der Waals surface area contributed by atoms with Gasteiger partial charge in [0.1, 0.15) is 0 Å². The van der Waals surface area contributed by atoms with Crippen LogP contribution >= 0.6 is 0 Å². The van der Waals surface area contributed by atoms with Gasteiger partial charge in [0.15, 0.2) is 5.76 Å². The summed E-state index contributed by atoms with van der Waals surface area (Å²) < 4.78 is 10.6. The summed E-state index contributed by atoms with van der Waals surface area (Å²) in [4.78, 5) is 4.34. The monoisotopic (exact) mass is 285 g/mol. The van der Waals surface area contributed by atoms with E-state index in [9.17, 15) is 0 Å². The molecule has 0 bridgehead atoms. The van der Waals surface area contributed by atoms with Gasteiger partial charge in [-0.3, -0.25) is 0 Å². The number of aromatic nitrogens is 2. The van der Waals surface area contributed by atoms with Crippen molar-refractivity contribution in [3.8, 4) is 23.0 Å². The van der Waals surface area contributed by atoms with E-state index in [4.69, 9.17) is 14.0 Å². The molecular weight excluding hydrogens is 270 g/mol. The first-order chi connectivity index (χ1) is 10.3. The lowest BCUT2D eigenvalue weighted by Gasteiger charge is -2.03. The molecule has 0 fully saturated rings. The van der Waals surface area contributed by atoms with Gasteiger partial charge < -0.3 is 19.4 Å². The minimum Gasteiger partial charge on any atom is -0.461 e. The average Bonchev–Trinajstić information content (AvgIpc) is 3.14. The smallest absolute Gasteiger partial charge is 0.258 e. The molecule has 6 nitrogen and oxygen atoms in total. The second-order valence-electron chi connectivity index (χ2n) is 4.58. The van der Waals surface area contributed by atoms with Crippen molar-refractivity contribution in [1.82, 2.24) is 10.1 Å². The topological polar surface area (TPSA) is 84.3 Å². The molecule has 0 amide bonds. The van der Waals surface area contributed by atoms with E-state index >= 15 is 0 Å². The Labute approximate surface area is 121 Å². The van der Waals surface area contributed by atoms with E-state index in [1.165, 1.54) is 0 Å². The van der Waals surface area contributed by atoms with Crippen LogP contribution in [0.4, 0.5) is 5.69 Å². The largest absolute Gasteiger partial charge is 0.461 e. The summed E-state index contributed by atoms with van der Waals surface area (Å²) in [6.07, 6.45) is 1.60. The standard InChI is InChI=1S/C15H15N3O3/c1-10-6-9-20-13(10)14-17-15(21-18-14)11-2-4-12(5-3-11)16-7-8-19/h2-6,9,16,19H,7-8H2,1H3. The molecule has 0 saturated heterocycles. The van der Waals surface area contributed by atoms with Gasteiger partial charge >= 0.3 is 0 Å². The first-order valence-electron chi connectivity index (χ1n) is 6.61. The van der Waals surface area contributed by atoms with Crippen molar-refractivity contribution in [3.05, 3.63) is 42.2 Å². The van der Waals surface area contributed by atoms with Gasteiger partial charge in [-0.2, -0.15) is 4.98 Å². The molecule has 0 aliphatic carbocycles. The van der Waals surface area contributed by atoms with E-state index in [1.54, 1.807) is 6.26 Å². The number of aliphatic hydroxyl groups is 1. The predicted octanol–water partition coefficient (Wildman–Crippen LogP) is 2.71. The Morgan fingerprint density at radius 3 is 2.67 bits per heavy atom. The van der Waals surface area contributed by atoms with Crippen LogP contribution in [0.1, 0.15) is 5.56 Å². The fourth-order valence-corrected chi connectivity index (χ4v) is 1.97. The SMILES string of the molecule is Cc1ccoc1-c1noc(-c2ccc(NCCO)cc2)n1. The summed E-state index contributed by atoms with van der Waals surface area (Å²) in [5.74, 6) is 1.50. The maximum absolute atomic E-state index is 8.77. The Hall–Kier alpha value is -2.60. The van der Waals surface area contributed by atoms with Crippen LogP contribution in [-0.4, -0.2) is 28.4 Å². The van der Waals surface area contributed by atoms with Gasteiger partial charge in [-0.05, 0) is 42.8 Å². The van der Waals surface area contributed by atoms with Crippen molar-refractivity contribution in [3.63, 3.8) is 0 Å². The third kappa shape index (κ3) is 2.80. The number of anilines is 1. The fourth-order valence-electron chi connectivity index (χ4n) is 1.97. The van der Waals surface area contributed by atoms with E-state index in [0.717, 1.165) is 16.8 Å². The number of rotatable bonds is 5. The number of hydrogen-bond acceptors (Lipinski definition) is 6. The molecule has 0 aliphatic heterocycles. The summed E-state index contributed by atoms with van der Waals surface area (Å²) in [7, 11) is 0. The summed E-state index contributed by atoms with van der Waals surface area (Å²) in [6.45, 7) is 2.54. The van der Waals surface area contributed by atoms with E-state index in [2.05, 4.69) is 15.5 Å². The molecule has 108 valence electrons. The molecular formula is C15H15N3O3. The zero-order valence-electron chi connectivity index (χ0n) is 11.5. The maximum atomic E-state index is 8.77. The van der Waals surface area contributed by atoms with Crippen molar-refractivity contribution in [2.45, 2.75) is 6.92 Å². The highest BCUT2D eigenvalue weighted by molar-refractivity contribution is 5.61. The van der Waals surface area contributed by atoms with Crippen LogP contribution in [0.15, 0.2) is 45.5 Å². The lowest BCUT2D eigenvalue weighted by Crippen LogP contribution is -2.04. The lowest BCUT2D eigenvalue weighted by molar-refractivity contribution is 0.311. The number of nitrogens with one attached hydrogen (secondary N) is 1. The minimum atomic E-state index is 0.0945. The second kappa shape index (κ2) is 5.80. The molecule has 0 spiro atoms. The minimum absolute atomic E-state index is 0.0945. The Morgan fingerprint density at radius 1 is 1.19 bits per heavy atom. The summed E-state index contributed by atoms with van der Waals surface area (Å²) >= 11 is 0. The molecule has 2 N–H and O–H groups in total.